The molecule has 3 aromatic carbocycles. The summed E-state index contributed by atoms with van der Waals surface area (Å²) in [6.07, 6.45) is 0. The summed E-state index contributed by atoms with van der Waals surface area (Å²) in [5, 5.41) is 6.08. The van der Waals surface area contributed by atoms with Gasteiger partial charge in [-0.15, -0.1) is 11.3 Å². The topological polar surface area (TPSA) is 42.0 Å². The van der Waals surface area contributed by atoms with Gasteiger partial charge in [0.1, 0.15) is 5.01 Å². The molecule has 29 heavy (non-hydrogen) atoms. The van der Waals surface area contributed by atoms with Crippen LogP contribution in [0.15, 0.2) is 78.2 Å². The molecule has 4 heteroatoms. The number of aromatic nitrogens is 1. The van der Waals surface area contributed by atoms with E-state index in [1.165, 1.54) is 5.56 Å². The summed E-state index contributed by atoms with van der Waals surface area (Å²) in [4.78, 5) is 17.1. The van der Waals surface area contributed by atoms with E-state index in [1.54, 1.807) is 11.3 Å². The second-order valence-corrected chi connectivity index (χ2v) is 7.96. The highest BCUT2D eigenvalue weighted by molar-refractivity contribution is 7.13. The predicted molar refractivity (Wildman–Crippen MR) is 120 cm³/mol. The summed E-state index contributed by atoms with van der Waals surface area (Å²) in [6, 6.07) is 24.3. The quantitative estimate of drug-likeness (QED) is 0.446. The number of benzene rings is 3. The zero-order chi connectivity index (χ0) is 20.2. The Morgan fingerprint density at radius 2 is 1.59 bits per heavy atom. The number of aryl methyl sites for hydroxylation is 2. The van der Waals surface area contributed by atoms with Gasteiger partial charge in [-0.25, -0.2) is 4.98 Å². The predicted octanol–water partition coefficient (Wildman–Crippen LogP) is 6.02. The molecular weight excluding hydrogens is 376 g/mol. The lowest BCUT2D eigenvalue weighted by atomic mass is 10.1. The SMILES string of the molecule is Cc1ccc(-c2csc(-c3ccc(CNC(=O)c4ccccc4C)cc3)n2)cc1. The number of carbonyl (C=O) groups excluding carboxylic acids is 1. The first-order chi connectivity index (χ1) is 14.1. The Morgan fingerprint density at radius 1 is 0.897 bits per heavy atom. The summed E-state index contributed by atoms with van der Waals surface area (Å²) >= 11 is 1.64. The normalized spacial score (nSPS) is 10.7. The summed E-state index contributed by atoms with van der Waals surface area (Å²) in [6.45, 7) is 4.53. The van der Waals surface area contributed by atoms with Crippen LogP contribution in [0.25, 0.3) is 21.8 Å². The first-order valence-electron chi connectivity index (χ1n) is 9.56. The van der Waals surface area contributed by atoms with E-state index in [1.807, 2.05) is 43.3 Å². The van der Waals surface area contributed by atoms with E-state index in [0.717, 1.165) is 38.5 Å². The van der Waals surface area contributed by atoms with Gasteiger partial charge in [-0.3, -0.25) is 4.79 Å². The minimum Gasteiger partial charge on any atom is -0.348 e. The van der Waals surface area contributed by atoms with Crippen molar-refractivity contribution in [2.24, 2.45) is 0 Å². The van der Waals surface area contributed by atoms with Crippen molar-refractivity contribution in [1.29, 1.82) is 0 Å². The smallest absolute Gasteiger partial charge is 0.251 e. The molecule has 0 radical (unpaired) electrons. The molecule has 1 N–H and O–H groups in total. The molecule has 0 spiro atoms. The van der Waals surface area contributed by atoms with Crippen molar-refractivity contribution in [3.05, 3.63) is 100 Å². The van der Waals surface area contributed by atoms with E-state index in [0.29, 0.717) is 6.54 Å². The molecule has 1 aromatic heterocycles. The highest BCUT2D eigenvalue weighted by Gasteiger charge is 2.09. The number of hydrogen-bond donors (Lipinski definition) is 1. The standard InChI is InChI=1S/C25H22N2OS/c1-17-7-11-20(12-8-17)23-16-29-25(27-23)21-13-9-19(10-14-21)15-26-24(28)22-6-4-3-5-18(22)2/h3-14,16H,15H2,1-2H3,(H,26,28). The number of nitrogens with one attached hydrogen (secondary N) is 1. The van der Waals surface area contributed by atoms with Crippen LogP contribution in [-0.4, -0.2) is 10.9 Å². The second kappa shape index (κ2) is 8.41. The summed E-state index contributed by atoms with van der Waals surface area (Å²) in [5.74, 6) is -0.0464. The lowest BCUT2D eigenvalue weighted by molar-refractivity contribution is 0.0950. The van der Waals surface area contributed by atoms with Gasteiger partial charge in [0.15, 0.2) is 0 Å². The number of carbonyl (C=O) groups is 1. The maximum atomic E-state index is 12.4. The van der Waals surface area contributed by atoms with Gasteiger partial charge < -0.3 is 5.32 Å². The molecule has 0 unspecified atom stereocenters. The van der Waals surface area contributed by atoms with Crippen LogP contribution in [0.5, 0.6) is 0 Å². The number of thiazole rings is 1. The lowest BCUT2D eigenvalue weighted by Crippen LogP contribution is -2.23. The molecule has 4 aromatic rings. The monoisotopic (exact) mass is 398 g/mol. The third kappa shape index (κ3) is 4.44. The Labute approximate surface area is 175 Å². The first-order valence-corrected chi connectivity index (χ1v) is 10.4. The van der Waals surface area contributed by atoms with Gasteiger partial charge in [0.2, 0.25) is 0 Å². The van der Waals surface area contributed by atoms with Crippen LogP contribution in [-0.2, 0) is 6.54 Å². The summed E-state index contributed by atoms with van der Waals surface area (Å²) < 4.78 is 0. The molecule has 0 saturated heterocycles. The van der Waals surface area contributed by atoms with Crippen LogP contribution in [0, 0.1) is 13.8 Å². The van der Waals surface area contributed by atoms with Crippen molar-refractivity contribution < 1.29 is 4.79 Å². The fraction of sp³-hybridized carbons (Fsp3) is 0.120. The van der Waals surface area contributed by atoms with Crippen LogP contribution >= 0.6 is 11.3 Å². The first kappa shape index (κ1) is 19.1. The van der Waals surface area contributed by atoms with Crippen molar-refractivity contribution in [3.63, 3.8) is 0 Å². The molecule has 0 fully saturated rings. The molecule has 4 rings (SSSR count). The van der Waals surface area contributed by atoms with Crippen molar-refractivity contribution in [3.8, 4) is 21.8 Å². The van der Waals surface area contributed by atoms with Gasteiger partial charge in [-0.2, -0.15) is 0 Å². The van der Waals surface area contributed by atoms with E-state index >= 15 is 0 Å². The Morgan fingerprint density at radius 3 is 2.31 bits per heavy atom. The average molecular weight is 399 g/mol. The number of nitrogens with zero attached hydrogens (tertiary/aromatic N) is 1. The third-order valence-corrected chi connectivity index (χ3v) is 5.79. The summed E-state index contributed by atoms with van der Waals surface area (Å²) in [7, 11) is 0. The molecule has 0 atom stereocenters. The molecular formula is C25H22N2OS. The number of hydrogen-bond acceptors (Lipinski definition) is 3. The van der Waals surface area contributed by atoms with Crippen LogP contribution in [0.4, 0.5) is 0 Å². The van der Waals surface area contributed by atoms with Crippen LogP contribution in [0.2, 0.25) is 0 Å². The van der Waals surface area contributed by atoms with E-state index in [2.05, 4.69) is 54.0 Å². The lowest BCUT2D eigenvalue weighted by Gasteiger charge is -2.08. The third-order valence-electron chi connectivity index (χ3n) is 4.90. The molecule has 0 aliphatic carbocycles. The molecule has 1 amide bonds. The van der Waals surface area contributed by atoms with Crippen LogP contribution < -0.4 is 5.32 Å². The number of rotatable bonds is 5. The minimum atomic E-state index is -0.0464. The van der Waals surface area contributed by atoms with Gasteiger partial charge in [0.25, 0.3) is 5.91 Å². The Hall–Kier alpha value is -3.24. The van der Waals surface area contributed by atoms with Crippen molar-refractivity contribution >= 4 is 17.2 Å². The highest BCUT2D eigenvalue weighted by atomic mass is 32.1. The van der Waals surface area contributed by atoms with Gasteiger partial charge in [0.05, 0.1) is 5.69 Å². The molecule has 0 bridgehead atoms. The summed E-state index contributed by atoms with van der Waals surface area (Å²) in [5.41, 5.74) is 7.22. The van der Waals surface area contributed by atoms with Crippen LogP contribution in [0.3, 0.4) is 0 Å². The fourth-order valence-electron chi connectivity index (χ4n) is 3.13. The molecule has 144 valence electrons. The largest absolute Gasteiger partial charge is 0.348 e. The van der Waals surface area contributed by atoms with E-state index < -0.39 is 0 Å². The highest BCUT2D eigenvalue weighted by Crippen LogP contribution is 2.29. The fourth-order valence-corrected chi connectivity index (χ4v) is 3.97. The molecule has 0 aliphatic rings. The number of amides is 1. The van der Waals surface area contributed by atoms with Crippen molar-refractivity contribution in [2.45, 2.75) is 20.4 Å². The van der Waals surface area contributed by atoms with Crippen molar-refractivity contribution in [1.82, 2.24) is 10.3 Å². The van der Waals surface area contributed by atoms with Gasteiger partial charge in [-0.1, -0.05) is 72.3 Å². The Bertz CT molecular complexity index is 1130. The molecule has 1 heterocycles. The van der Waals surface area contributed by atoms with Crippen molar-refractivity contribution in [2.75, 3.05) is 0 Å². The van der Waals surface area contributed by atoms with Gasteiger partial charge in [-0.05, 0) is 31.0 Å². The van der Waals surface area contributed by atoms with E-state index in [-0.39, 0.29) is 5.91 Å². The average Bonchev–Trinajstić information content (AvgIpc) is 3.23. The van der Waals surface area contributed by atoms with Gasteiger partial charge >= 0.3 is 0 Å². The molecule has 0 aliphatic heterocycles. The maximum absolute atomic E-state index is 12.4. The second-order valence-electron chi connectivity index (χ2n) is 7.10. The maximum Gasteiger partial charge on any atom is 0.251 e. The minimum absolute atomic E-state index is 0.0464. The molecule has 3 nitrogen and oxygen atoms in total. The van der Waals surface area contributed by atoms with E-state index in [9.17, 15) is 4.79 Å². The Balaban J connectivity index is 1.42. The Kier molecular flexibility index (Phi) is 5.54. The molecule has 0 saturated carbocycles. The van der Waals surface area contributed by atoms with Crippen LogP contribution in [0.1, 0.15) is 27.0 Å². The zero-order valence-corrected chi connectivity index (χ0v) is 17.3. The van der Waals surface area contributed by atoms with E-state index in [4.69, 9.17) is 4.98 Å². The zero-order valence-electron chi connectivity index (χ0n) is 16.5. The van der Waals surface area contributed by atoms with Gasteiger partial charge in [0, 0.05) is 28.6 Å².